The molecule has 5 heterocycles. The largest absolute Gasteiger partial charge is 2.00 e. The zero-order valence-electron chi connectivity index (χ0n) is 22.0. The van der Waals surface area contributed by atoms with Crippen LogP contribution in [0.3, 0.4) is 0 Å². The Labute approximate surface area is 227 Å². The summed E-state index contributed by atoms with van der Waals surface area (Å²) in [6.45, 7) is 13.7. The molecule has 5 rings (SSSR count). The van der Waals surface area contributed by atoms with Crippen molar-refractivity contribution < 1.29 is 17.4 Å². The summed E-state index contributed by atoms with van der Waals surface area (Å²) in [5, 5.41) is 3.22. The number of amidine groups is 1. The van der Waals surface area contributed by atoms with Gasteiger partial charge in [-0.3, -0.25) is 19.5 Å². The van der Waals surface area contributed by atoms with E-state index in [1.54, 1.807) is 0 Å². The summed E-state index contributed by atoms with van der Waals surface area (Å²) >= 11 is 0. The number of rotatable bonds is 7. The van der Waals surface area contributed by atoms with Gasteiger partial charge in [-0.2, -0.15) is 0 Å². The topological polar surface area (TPSA) is 64.0 Å². The van der Waals surface area contributed by atoms with Gasteiger partial charge in [-0.1, -0.05) is 31.7 Å². The van der Waals surface area contributed by atoms with Gasteiger partial charge >= 0.3 is 17.4 Å². The Hall–Kier alpha value is -2.15. The standard InChI is InChI=1S/C26H37N8.CH3.Cr/c1-4-20(2)28-24-9-8-22(17-27-24)25-29-26(33-10-6-5-7-11-33)23-16-21(19-34(23)30-25)18-32-14-12-31(3)13-15-32;;/h9,16-17,19,26H,2,4-7,10-15,18H2,1,3H3,(H,27,28)(H,29,30);1H3;/q2*-1;+2. The van der Waals surface area contributed by atoms with Crippen LogP contribution in [0.1, 0.15) is 55.6 Å². The molecule has 2 aromatic rings. The Morgan fingerprint density at radius 3 is 2.58 bits per heavy atom. The molecule has 3 aliphatic rings. The second kappa shape index (κ2) is 12.9. The summed E-state index contributed by atoms with van der Waals surface area (Å²) < 4.78 is 2.17. The Bertz CT molecular complexity index is 1020. The summed E-state index contributed by atoms with van der Waals surface area (Å²) in [5.74, 6) is 1.58. The van der Waals surface area contributed by atoms with Gasteiger partial charge in [0.1, 0.15) is 6.17 Å². The van der Waals surface area contributed by atoms with Crippen molar-refractivity contribution in [3.8, 4) is 0 Å². The minimum atomic E-state index is 0. The van der Waals surface area contributed by atoms with Gasteiger partial charge in [0.25, 0.3) is 0 Å². The van der Waals surface area contributed by atoms with Gasteiger partial charge in [-0.25, -0.2) is 0 Å². The molecule has 1 atom stereocenters. The molecule has 0 bridgehead atoms. The third-order valence-electron chi connectivity index (χ3n) is 7.07. The average Bonchev–Trinajstić information content (AvgIpc) is 3.28. The molecule has 8 nitrogen and oxygen atoms in total. The number of aromatic nitrogens is 2. The van der Waals surface area contributed by atoms with Crippen LogP contribution in [0.2, 0.25) is 0 Å². The number of piperidine rings is 1. The van der Waals surface area contributed by atoms with E-state index in [9.17, 15) is 0 Å². The van der Waals surface area contributed by atoms with Crippen LogP contribution in [0.5, 0.6) is 0 Å². The maximum absolute atomic E-state index is 5.18. The van der Waals surface area contributed by atoms with E-state index in [1.807, 2.05) is 12.3 Å². The van der Waals surface area contributed by atoms with Crippen LogP contribution in [0.25, 0.3) is 0 Å². The molecule has 0 spiro atoms. The van der Waals surface area contributed by atoms with Crippen LogP contribution >= 0.6 is 0 Å². The van der Waals surface area contributed by atoms with Crippen molar-refractivity contribution >= 4 is 11.7 Å². The minimum absolute atomic E-state index is 0. The molecule has 0 saturated carbocycles. The number of anilines is 1. The van der Waals surface area contributed by atoms with Gasteiger partial charge in [0.15, 0.2) is 0 Å². The number of nitrogens with zero attached hydrogens (tertiary/aromatic N) is 6. The molecule has 2 fully saturated rings. The van der Waals surface area contributed by atoms with Crippen molar-refractivity contribution in [2.24, 2.45) is 4.99 Å². The first-order chi connectivity index (χ1) is 16.6. The number of piperazine rings is 1. The number of likely N-dealkylation sites (N-methyl/N-ethyl adjacent to an activating group) is 1. The summed E-state index contributed by atoms with van der Waals surface area (Å²) in [4.78, 5) is 17.2. The van der Waals surface area contributed by atoms with E-state index in [0.29, 0.717) is 0 Å². The van der Waals surface area contributed by atoms with E-state index in [2.05, 4.69) is 74.0 Å². The van der Waals surface area contributed by atoms with Crippen molar-refractivity contribution in [1.82, 2.24) is 24.4 Å². The van der Waals surface area contributed by atoms with Crippen molar-refractivity contribution in [3.63, 3.8) is 0 Å². The van der Waals surface area contributed by atoms with Crippen LogP contribution < -0.4 is 10.7 Å². The number of pyridine rings is 1. The van der Waals surface area contributed by atoms with Gasteiger partial charge in [-0.05, 0) is 37.9 Å². The van der Waals surface area contributed by atoms with Crippen LogP contribution in [-0.4, -0.2) is 76.5 Å². The molecule has 194 valence electrons. The number of hydrogen-bond acceptors (Lipinski definition) is 7. The third-order valence-corrected chi connectivity index (χ3v) is 7.07. The second-order valence-electron chi connectivity index (χ2n) is 9.71. The van der Waals surface area contributed by atoms with E-state index in [-0.39, 0.29) is 31.0 Å². The minimum Gasteiger partial charge on any atom is -0.384 e. The predicted octanol–water partition coefficient (Wildman–Crippen LogP) is 3.70. The maximum atomic E-state index is 5.18. The molecule has 36 heavy (non-hydrogen) atoms. The van der Waals surface area contributed by atoms with E-state index in [1.165, 1.54) is 30.5 Å². The second-order valence-corrected chi connectivity index (χ2v) is 9.71. The zero-order valence-corrected chi connectivity index (χ0v) is 23.2. The number of aliphatic imine (C=N–C) groups is 1. The van der Waals surface area contributed by atoms with E-state index < -0.39 is 0 Å². The van der Waals surface area contributed by atoms with Crippen molar-refractivity contribution in [2.75, 3.05) is 57.1 Å². The quantitative estimate of drug-likeness (QED) is 0.535. The van der Waals surface area contributed by atoms with Gasteiger partial charge in [0.2, 0.25) is 0 Å². The third kappa shape index (κ3) is 6.59. The van der Waals surface area contributed by atoms with Gasteiger partial charge < -0.3 is 28.1 Å². The van der Waals surface area contributed by atoms with Gasteiger partial charge in [0.05, 0.1) is 11.5 Å². The van der Waals surface area contributed by atoms with Crippen molar-refractivity contribution in [1.29, 1.82) is 0 Å². The molecule has 0 amide bonds. The summed E-state index contributed by atoms with van der Waals surface area (Å²) in [5.41, 5.74) is 7.89. The average molecular weight is 529 g/mol. The Kier molecular flexibility index (Phi) is 10.2. The molecule has 0 radical (unpaired) electrons. The fraction of sp³-hybridized carbons (Fsp3) is 0.519. The molecular formula is C27H40CrN8. The van der Waals surface area contributed by atoms with E-state index in [0.717, 1.165) is 75.1 Å². The number of allylic oxidation sites excluding steroid dienone is 1. The Morgan fingerprint density at radius 2 is 1.92 bits per heavy atom. The molecule has 2 N–H and O–H groups in total. The van der Waals surface area contributed by atoms with Gasteiger partial charge in [-0.15, -0.1) is 12.1 Å². The fourth-order valence-corrected chi connectivity index (χ4v) is 4.90. The summed E-state index contributed by atoms with van der Waals surface area (Å²) in [6.07, 6.45) is 8.74. The first-order valence-corrected chi connectivity index (χ1v) is 12.6. The Balaban J connectivity index is 0.00000180. The zero-order chi connectivity index (χ0) is 23.5. The molecule has 3 aliphatic heterocycles. The normalized spacial score (nSPS) is 20.8. The number of hydrogen-bond donors (Lipinski definition) is 2. The van der Waals surface area contributed by atoms with Gasteiger partial charge in [0, 0.05) is 63.5 Å². The number of fused-ring (bicyclic) bond motifs is 1. The summed E-state index contributed by atoms with van der Waals surface area (Å²) in [6, 6.07) is 7.58. The monoisotopic (exact) mass is 528 g/mol. The molecule has 0 aliphatic carbocycles. The van der Waals surface area contributed by atoms with Crippen LogP contribution in [0.4, 0.5) is 5.82 Å². The first kappa shape index (κ1) is 28.4. The SMILES string of the molecule is C=C(CC)Nc1c[c-]c(C2=NC(N3CCCCC3)c3cc(CN4CCN(C)CC4)cn3N2)cn1.[CH3-].[Cr+2]. The summed E-state index contributed by atoms with van der Waals surface area (Å²) in [7, 11) is 2.20. The van der Waals surface area contributed by atoms with Crippen LogP contribution in [0, 0.1) is 13.5 Å². The first-order valence-electron chi connectivity index (χ1n) is 12.6. The van der Waals surface area contributed by atoms with Crippen molar-refractivity contribution in [2.45, 2.75) is 45.3 Å². The smallest absolute Gasteiger partial charge is 0.384 e. The van der Waals surface area contributed by atoms with E-state index in [4.69, 9.17) is 4.99 Å². The fourth-order valence-electron chi connectivity index (χ4n) is 4.90. The number of likely N-dealkylation sites (tertiary alicyclic amines) is 1. The maximum Gasteiger partial charge on any atom is 2.00 e. The molecule has 0 aromatic carbocycles. The molecule has 1 unspecified atom stereocenters. The van der Waals surface area contributed by atoms with E-state index >= 15 is 0 Å². The molecule has 2 aromatic heterocycles. The Morgan fingerprint density at radius 1 is 1.17 bits per heavy atom. The molecule has 2 saturated heterocycles. The molecule has 9 heteroatoms. The van der Waals surface area contributed by atoms with Crippen LogP contribution in [0.15, 0.2) is 41.8 Å². The van der Waals surface area contributed by atoms with Crippen LogP contribution in [-0.2, 0) is 23.9 Å². The predicted molar refractivity (Wildman–Crippen MR) is 144 cm³/mol. The number of nitrogens with one attached hydrogen (secondary N) is 2. The van der Waals surface area contributed by atoms with Crippen molar-refractivity contribution in [3.05, 3.63) is 67.1 Å². The molecular weight excluding hydrogens is 488 g/mol.